The average Bonchev–Trinajstić information content (AvgIpc) is 3.33. The molecule has 1 fully saturated rings. The minimum Gasteiger partial charge on any atom is -0.383 e. The SMILES string of the molecule is COCCn1cccc1[C@H]1[C@H](c2ccccn2)NC(=S)N1c1ccc(F)c(C)c1. The van der Waals surface area contributed by atoms with Gasteiger partial charge in [-0.2, -0.15) is 0 Å². The van der Waals surface area contributed by atoms with Gasteiger partial charge in [0.15, 0.2) is 5.11 Å². The third-order valence-electron chi connectivity index (χ3n) is 5.22. The van der Waals surface area contributed by atoms with Crippen LogP contribution in [0.1, 0.15) is 29.0 Å². The Hall–Kier alpha value is -2.77. The molecule has 4 rings (SSSR count). The van der Waals surface area contributed by atoms with Crippen molar-refractivity contribution in [3.05, 3.63) is 83.7 Å². The second-order valence-corrected chi connectivity index (χ2v) is 7.44. The minimum atomic E-state index is -0.229. The maximum Gasteiger partial charge on any atom is 0.174 e. The Kier molecular flexibility index (Phi) is 5.60. The number of halogens is 1. The lowest BCUT2D eigenvalue weighted by molar-refractivity contribution is 0.186. The normalized spacial score (nSPS) is 18.9. The number of rotatable bonds is 6. The van der Waals surface area contributed by atoms with Crippen LogP contribution in [0.15, 0.2) is 60.9 Å². The quantitative estimate of drug-likeness (QED) is 0.619. The zero-order chi connectivity index (χ0) is 20.4. The Labute approximate surface area is 175 Å². The lowest BCUT2D eigenvalue weighted by Crippen LogP contribution is -2.30. The van der Waals surface area contributed by atoms with Crippen LogP contribution >= 0.6 is 12.2 Å². The van der Waals surface area contributed by atoms with Crippen molar-refractivity contribution < 1.29 is 9.13 Å². The molecule has 29 heavy (non-hydrogen) atoms. The molecule has 1 N–H and O–H groups in total. The van der Waals surface area contributed by atoms with Gasteiger partial charge in [-0.05, 0) is 67.2 Å². The van der Waals surface area contributed by atoms with E-state index in [1.54, 1.807) is 26.3 Å². The highest BCUT2D eigenvalue weighted by Gasteiger charge is 2.42. The lowest BCUT2D eigenvalue weighted by atomic mass is 10.0. The number of pyridine rings is 1. The van der Waals surface area contributed by atoms with Crippen molar-refractivity contribution in [1.29, 1.82) is 0 Å². The van der Waals surface area contributed by atoms with Crippen molar-refractivity contribution in [2.24, 2.45) is 0 Å². The van der Waals surface area contributed by atoms with Crippen molar-refractivity contribution in [3.63, 3.8) is 0 Å². The lowest BCUT2D eigenvalue weighted by Gasteiger charge is -2.29. The Morgan fingerprint density at radius 1 is 1.21 bits per heavy atom. The number of aryl methyl sites for hydroxylation is 1. The number of methoxy groups -OCH3 is 1. The van der Waals surface area contributed by atoms with Gasteiger partial charge in [0.25, 0.3) is 0 Å². The molecule has 2 aromatic heterocycles. The molecule has 0 amide bonds. The monoisotopic (exact) mass is 410 g/mol. The Bertz CT molecular complexity index is 1010. The molecule has 1 aliphatic heterocycles. The molecule has 3 heterocycles. The Morgan fingerprint density at radius 3 is 2.79 bits per heavy atom. The first kappa shape index (κ1) is 19.5. The van der Waals surface area contributed by atoms with Gasteiger partial charge in [-0.15, -0.1) is 0 Å². The number of nitrogens with zero attached hydrogens (tertiary/aromatic N) is 3. The summed E-state index contributed by atoms with van der Waals surface area (Å²) in [6.07, 6.45) is 3.82. The fourth-order valence-electron chi connectivity index (χ4n) is 3.80. The van der Waals surface area contributed by atoms with Gasteiger partial charge in [0.2, 0.25) is 0 Å². The summed E-state index contributed by atoms with van der Waals surface area (Å²) in [5, 5.41) is 4.02. The highest BCUT2D eigenvalue weighted by atomic mass is 32.1. The second kappa shape index (κ2) is 8.31. The van der Waals surface area contributed by atoms with Gasteiger partial charge in [-0.3, -0.25) is 4.98 Å². The summed E-state index contributed by atoms with van der Waals surface area (Å²) in [5.74, 6) is -0.229. The molecular weight excluding hydrogens is 387 g/mol. The summed E-state index contributed by atoms with van der Waals surface area (Å²) >= 11 is 5.72. The van der Waals surface area contributed by atoms with E-state index in [-0.39, 0.29) is 17.9 Å². The van der Waals surface area contributed by atoms with Crippen LogP contribution in [0.5, 0.6) is 0 Å². The van der Waals surface area contributed by atoms with Crippen LogP contribution in [0.25, 0.3) is 0 Å². The van der Waals surface area contributed by atoms with Crippen LogP contribution in [-0.2, 0) is 11.3 Å². The predicted octanol–water partition coefficient (Wildman–Crippen LogP) is 4.15. The molecule has 0 aliphatic carbocycles. The molecule has 1 aromatic carbocycles. The van der Waals surface area contributed by atoms with Crippen LogP contribution in [0, 0.1) is 12.7 Å². The van der Waals surface area contributed by atoms with E-state index in [9.17, 15) is 4.39 Å². The largest absolute Gasteiger partial charge is 0.383 e. The molecule has 3 aromatic rings. The first-order valence-electron chi connectivity index (χ1n) is 9.51. The summed E-state index contributed by atoms with van der Waals surface area (Å²) in [5.41, 5.74) is 3.43. The van der Waals surface area contributed by atoms with E-state index in [0.717, 1.165) is 23.6 Å². The van der Waals surface area contributed by atoms with E-state index in [1.165, 1.54) is 6.07 Å². The number of thiocarbonyl (C=S) groups is 1. The van der Waals surface area contributed by atoms with E-state index in [0.29, 0.717) is 17.3 Å². The molecule has 2 atom stereocenters. The van der Waals surface area contributed by atoms with Crippen molar-refractivity contribution >= 4 is 23.0 Å². The van der Waals surface area contributed by atoms with Crippen molar-refractivity contribution in [1.82, 2.24) is 14.9 Å². The molecule has 0 bridgehead atoms. The van der Waals surface area contributed by atoms with Crippen molar-refractivity contribution in [3.8, 4) is 0 Å². The number of hydrogen-bond donors (Lipinski definition) is 1. The summed E-state index contributed by atoms with van der Waals surface area (Å²) in [7, 11) is 1.69. The van der Waals surface area contributed by atoms with E-state index in [2.05, 4.69) is 25.8 Å². The molecule has 5 nitrogen and oxygen atoms in total. The third-order valence-corrected chi connectivity index (χ3v) is 5.54. The number of benzene rings is 1. The molecular formula is C22H23FN4OS. The number of ether oxygens (including phenoxy) is 1. The van der Waals surface area contributed by atoms with Gasteiger partial charge in [0, 0.05) is 37.4 Å². The van der Waals surface area contributed by atoms with E-state index >= 15 is 0 Å². The average molecular weight is 411 g/mol. The van der Waals surface area contributed by atoms with Gasteiger partial charge >= 0.3 is 0 Å². The maximum atomic E-state index is 13.9. The smallest absolute Gasteiger partial charge is 0.174 e. The fraction of sp³-hybridized carbons (Fsp3) is 0.273. The van der Waals surface area contributed by atoms with Gasteiger partial charge in [0.1, 0.15) is 11.9 Å². The zero-order valence-electron chi connectivity index (χ0n) is 16.4. The standard InChI is InChI=1S/C22H23FN4OS/c1-15-14-16(8-9-17(15)23)27-21(19-7-5-11-26(19)12-13-28-2)20(25-22(27)29)18-6-3-4-10-24-18/h3-11,14,20-21H,12-13H2,1-2H3,(H,25,29)/t20-,21-/m0/s1. The van der Waals surface area contributed by atoms with Crippen LogP contribution in [0.3, 0.4) is 0 Å². The van der Waals surface area contributed by atoms with Crippen molar-refractivity contribution in [2.45, 2.75) is 25.6 Å². The summed E-state index contributed by atoms with van der Waals surface area (Å²) in [6.45, 7) is 3.10. The minimum absolute atomic E-state index is 0.130. The molecule has 0 saturated carbocycles. The molecule has 0 radical (unpaired) electrons. The highest BCUT2D eigenvalue weighted by molar-refractivity contribution is 7.80. The van der Waals surface area contributed by atoms with E-state index < -0.39 is 0 Å². The van der Waals surface area contributed by atoms with E-state index in [4.69, 9.17) is 17.0 Å². The van der Waals surface area contributed by atoms with Crippen LogP contribution in [-0.4, -0.2) is 28.4 Å². The highest BCUT2D eigenvalue weighted by Crippen LogP contribution is 2.41. The van der Waals surface area contributed by atoms with Gasteiger partial charge < -0.3 is 19.5 Å². The second-order valence-electron chi connectivity index (χ2n) is 7.05. The number of anilines is 1. The molecule has 7 heteroatoms. The number of hydrogen-bond acceptors (Lipinski definition) is 3. The number of aromatic nitrogens is 2. The van der Waals surface area contributed by atoms with E-state index in [1.807, 2.05) is 36.5 Å². The number of nitrogens with one attached hydrogen (secondary N) is 1. The molecule has 0 unspecified atom stereocenters. The summed E-state index contributed by atoms with van der Waals surface area (Å²) in [4.78, 5) is 6.62. The van der Waals surface area contributed by atoms with Crippen LogP contribution in [0.4, 0.5) is 10.1 Å². The maximum absolute atomic E-state index is 13.9. The van der Waals surface area contributed by atoms with Gasteiger partial charge in [-0.25, -0.2) is 4.39 Å². The van der Waals surface area contributed by atoms with Crippen LogP contribution < -0.4 is 10.2 Å². The fourth-order valence-corrected chi connectivity index (χ4v) is 4.15. The summed E-state index contributed by atoms with van der Waals surface area (Å²) < 4.78 is 21.3. The Morgan fingerprint density at radius 2 is 2.07 bits per heavy atom. The zero-order valence-corrected chi connectivity index (χ0v) is 17.2. The Balaban J connectivity index is 1.82. The third kappa shape index (κ3) is 3.75. The van der Waals surface area contributed by atoms with Crippen LogP contribution in [0.2, 0.25) is 0 Å². The molecule has 0 spiro atoms. The van der Waals surface area contributed by atoms with Gasteiger partial charge in [-0.1, -0.05) is 6.07 Å². The molecule has 150 valence electrons. The van der Waals surface area contributed by atoms with Crippen molar-refractivity contribution in [2.75, 3.05) is 18.6 Å². The summed E-state index contributed by atoms with van der Waals surface area (Å²) in [6, 6.07) is 14.8. The first-order chi connectivity index (χ1) is 14.1. The topological polar surface area (TPSA) is 42.3 Å². The molecule has 1 aliphatic rings. The predicted molar refractivity (Wildman–Crippen MR) is 115 cm³/mol. The molecule has 1 saturated heterocycles. The van der Waals surface area contributed by atoms with Gasteiger partial charge in [0.05, 0.1) is 18.3 Å². The first-order valence-corrected chi connectivity index (χ1v) is 9.91.